The van der Waals surface area contributed by atoms with Gasteiger partial charge in [-0.1, -0.05) is 17.7 Å². The maximum Gasteiger partial charge on any atom is 0.255 e. The number of nitrogens with one attached hydrogen (secondary N) is 1. The summed E-state index contributed by atoms with van der Waals surface area (Å²) in [5, 5.41) is 11.3. The highest BCUT2D eigenvalue weighted by Crippen LogP contribution is 2.17. The highest BCUT2D eigenvalue weighted by Gasteiger charge is 2.09. The highest BCUT2D eigenvalue weighted by molar-refractivity contribution is 6.30. The van der Waals surface area contributed by atoms with Gasteiger partial charge in [-0.05, 0) is 36.4 Å². The van der Waals surface area contributed by atoms with E-state index < -0.39 is 11.7 Å². The molecule has 0 saturated heterocycles. The zero-order valence-corrected chi connectivity index (χ0v) is 10.4. The van der Waals surface area contributed by atoms with Crippen molar-refractivity contribution in [2.75, 3.05) is 5.32 Å². The zero-order valence-electron chi connectivity index (χ0n) is 9.65. The fraction of sp³-hybridized carbons (Fsp3) is 0. The Kier molecular flexibility index (Phi) is 3.79. The third-order valence-corrected chi connectivity index (χ3v) is 2.74. The van der Waals surface area contributed by atoms with Crippen LogP contribution in [0.5, 0.6) is 0 Å². The Balaban J connectivity index is 2.21. The molecule has 2 aromatic rings. The van der Waals surface area contributed by atoms with E-state index in [-0.39, 0.29) is 10.6 Å². The topological polar surface area (TPSA) is 52.9 Å². The summed E-state index contributed by atoms with van der Waals surface area (Å²) in [6, 6.07) is 12.2. The van der Waals surface area contributed by atoms with Crippen molar-refractivity contribution < 1.29 is 9.18 Å². The van der Waals surface area contributed by atoms with Gasteiger partial charge >= 0.3 is 0 Å². The molecule has 3 nitrogen and oxygen atoms in total. The van der Waals surface area contributed by atoms with Crippen LogP contribution in [-0.4, -0.2) is 5.91 Å². The lowest BCUT2D eigenvalue weighted by atomic mass is 10.2. The number of rotatable bonds is 2. The van der Waals surface area contributed by atoms with Gasteiger partial charge in [0, 0.05) is 11.3 Å². The number of nitriles is 1. The monoisotopic (exact) mass is 274 g/mol. The van der Waals surface area contributed by atoms with Crippen LogP contribution in [0.15, 0.2) is 42.5 Å². The Morgan fingerprint density at radius 2 is 2.05 bits per heavy atom. The summed E-state index contributed by atoms with van der Waals surface area (Å²) in [6.45, 7) is 0. The van der Waals surface area contributed by atoms with Crippen molar-refractivity contribution in [1.29, 1.82) is 5.26 Å². The first-order valence-corrected chi connectivity index (χ1v) is 5.74. The van der Waals surface area contributed by atoms with Gasteiger partial charge in [0.05, 0.1) is 16.7 Å². The van der Waals surface area contributed by atoms with Crippen molar-refractivity contribution >= 4 is 23.2 Å². The molecule has 0 spiro atoms. The summed E-state index contributed by atoms with van der Waals surface area (Å²) in [5.41, 5.74) is 1.06. The van der Waals surface area contributed by atoms with E-state index in [1.807, 2.05) is 6.07 Å². The molecule has 2 aromatic carbocycles. The molecule has 0 aromatic heterocycles. The van der Waals surface area contributed by atoms with E-state index in [0.717, 1.165) is 6.07 Å². The lowest BCUT2D eigenvalue weighted by molar-refractivity contribution is 0.102. The number of amides is 1. The lowest BCUT2D eigenvalue weighted by Crippen LogP contribution is -2.12. The smallest absolute Gasteiger partial charge is 0.255 e. The van der Waals surface area contributed by atoms with Gasteiger partial charge in [-0.2, -0.15) is 5.26 Å². The second-order valence-corrected chi connectivity index (χ2v) is 4.18. The number of anilines is 1. The molecule has 0 unspecified atom stereocenters. The van der Waals surface area contributed by atoms with Crippen molar-refractivity contribution in [2.24, 2.45) is 0 Å². The molecule has 0 aliphatic heterocycles. The molecule has 0 aliphatic carbocycles. The van der Waals surface area contributed by atoms with Crippen molar-refractivity contribution in [2.45, 2.75) is 0 Å². The molecule has 0 atom stereocenters. The SMILES string of the molecule is N#Cc1cccc(NC(=O)c2ccc(Cl)c(F)c2)c1. The highest BCUT2D eigenvalue weighted by atomic mass is 35.5. The minimum absolute atomic E-state index is 0.0389. The maximum absolute atomic E-state index is 13.2. The van der Waals surface area contributed by atoms with Gasteiger partial charge in [-0.15, -0.1) is 0 Å². The average molecular weight is 275 g/mol. The fourth-order valence-corrected chi connectivity index (χ4v) is 1.62. The van der Waals surface area contributed by atoms with Crippen LogP contribution < -0.4 is 5.32 Å². The van der Waals surface area contributed by atoms with Gasteiger partial charge < -0.3 is 5.32 Å². The molecule has 0 radical (unpaired) electrons. The zero-order chi connectivity index (χ0) is 13.8. The van der Waals surface area contributed by atoms with Crippen LogP contribution in [0.4, 0.5) is 10.1 Å². The second-order valence-electron chi connectivity index (χ2n) is 3.78. The van der Waals surface area contributed by atoms with E-state index in [1.54, 1.807) is 18.2 Å². The van der Waals surface area contributed by atoms with Gasteiger partial charge in [0.15, 0.2) is 0 Å². The minimum Gasteiger partial charge on any atom is -0.322 e. The van der Waals surface area contributed by atoms with Crippen LogP contribution in [-0.2, 0) is 0 Å². The normalized spacial score (nSPS) is 9.74. The third-order valence-electron chi connectivity index (χ3n) is 2.43. The van der Waals surface area contributed by atoms with E-state index >= 15 is 0 Å². The molecule has 1 amide bonds. The quantitative estimate of drug-likeness (QED) is 0.909. The molecule has 0 saturated carbocycles. The van der Waals surface area contributed by atoms with E-state index in [1.165, 1.54) is 18.2 Å². The van der Waals surface area contributed by atoms with E-state index in [4.69, 9.17) is 16.9 Å². The molecule has 0 fully saturated rings. The summed E-state index contributed by atoms with van der Waals surface area (Å²) in [7, 11) is 0. The van der Waals surface area contributed by atoms with Gasteiger partial charge in [-0.25, -0.2) is 4.39 Å². The van der Waals surface area contributed by atoms with E-state index in [2.05, 4.69) is 5.32 Å². The first kappa shape index (κ1) is 13.1. The standard InChI is InChI=1S/C14H8ClFN2O/c15-12-5-4-10(7-13(12)16)14(19)18-11-3-1-2-9(6-11)8-17/h1-7H,(H,18,19). The molecule has 94 valence electrons. The fourth-order valence-electron chi connectivity index (χ4n) is 1.51. The molecular weight excluding hydrogens is 267 g/mol. The number of carbonyl (C=O) groups excluding carboxylic acids is 1. The Morgan fingerprint density at radius 1 is 1.26 bits per heavy atom. The van der Waals surface area contributed by atoms with Crippen LogP contribution in [0.25, 0.3) is 0 Å². The summed E-state index contributed by atoms with van der Waals surface area (Å²) >= 11 is 5.54. The largest absolute Gasteiger partial charge is 0.322 e. The number of benzene rings is 2. The molecular formula is C14H8ClFN2O. The van der Waals surface area contributed by atoms with Crippen LogP contribution in [0, 0.1) is 17.1 Å². The lowest BCUT2D eigenvalue weighted by Gasteiger charge is -2.06. The Morgan fingerprint density at radius 3 is 2.74 bits per heavy atom. The first-order valence-electron chi connectivity index (χ1n) is 5.37. The van der Waals surface area contributed by atoms with Crippen LogP contribution in [0.1, 0.15) is 15.9 Å². The number of hydrogen-bond donors (Lipinski definition) is 1. The molecule has 1 N–H and O–H groups in total. The van der Waals surface area contributed by atoms with Crippen molar-refractivity contribution in [3.8, 4) is 6.07 Å². The number of hydrogen-bond acceptors (Lipinski definition) is 2. The van der Waals surface area contributed by atoms with Gasteiger partial charge in [0.1, 0.15) is 5.82 Å². The van der Waals surface area contributed by atoms with Crippen LogP contribution in [0.3, 0.4) is 0 Å². The van der Waals surface area contributed by atoms with Crippen molar-refractivity contribution in [3.05, 3.63) is 64.4 Å². The molecule has 2 rings (SSSR count). The summed E-state index contributed by atoms with van der Waals surface area (Å²) in [5.74, 6) is -1.12. The Bertz CT molecular complexity index is 679. The van der Waals surface area contributed by atoms with Crippen LogP contribution in [0.2, 0.25) is 5.02 Å². The minimum atomic E-state index is -0.653. The molecule has 19 heavy (non-hydrogen) atoms. The van der Waals surface area contributed by atoms with Gasteiger partial charge in [0.2, 0.25) is 0 Å². The van der Waals surface area contributed by atoms with Crippen molar-refractivity contribution in [1.82, 2.24) is 0 Å². The van der Waals surface area contributed by atoms with Gasteiger partial charge in [-0.3, -0.25) is 4.79 Å². The third kappa shape index (κ3) is 3.09. The number of nitrogens with zero attached hydrogens (tertiary/aromatic N) is 1. The predicted octanol–water partition coefficient (Wildman–Crippen LogP) is 3.60. The van der Waals surface area contributed by atoms with E-state index in [9.17, 15) is 9.18 Å². The first-order chi connectivity index (χ1) is 9.10. The van der Waals surface area contributed by atoms with Gasteiger partial charge in [0.25, 0.3) is 5.91 Å². The molecule has 0 aliphatic rings. The maximum atomic E-state index is 13.2. The average Bonchev–Trinajstić information content (AvgIpc) is 2.42. The number of carbonyl (C=O) groups is 1. The number of halogens is 2. The summed E-state index contributed by atoms with van der Waals surface area (Å²) < 4.78 is 13.2. The summed E-state index contributed by atoms with van der Waals surface area (Å²) in [4.78, 5) is 11.9. The molecule has 0 bridgehead atoms. The van der Waals surface area contributed by atoms with Crippen molar-refractivity contribution in [3.63, 3.8) is 0 Å². The van der Waals surface area contributed by atoms with Crippen LogP contribution >= 0.6 is 11.6 Å². The molecule has 5 heteroatoms. The molecule has 0 heterocycles. The van der Waals surface area contributed by atoms with E-state index in [0.29, 0.717) is 11.3 Å². The Hall–Kier alpha value is -2.38. The second kappa shape index (κ2) is 5.51. The predicted molar refractivity (Wildman–Crippen MR) is 70.5 cm³/mol. The Labute approximate surface area is 114 Å². The summed E-state index contributed by atoms with van der Waals surface area (Å²) in [6.07, 6.45) is 0.